The molecule has 0 bridgehead atoms. The molecule has 0 aromatic heterocycles. The molecule has 1 fully saturated rings. The maximum Gasteiger partial charge on any atom is 0.418 e. The standard InChI is InChI=1S/C15H21F3N2/c1-13(2)12(14(13,3)4)8-20-9-5-6-11(19)10(7-9)15(16,17)18/h5-7,12,20H,8,19H2,1-4H3. The molecule has 0 radical (unpaired) electrons. The predicted octanol–water partition coefficient (Wildman–Crippen LogP) is 4.38. The minimum absolute atomic E-state index is 0.209. The molecule has 0 unspecified atom stereocenters. The van der Waals surface area contributed by atoms with Crippen molar-refractivity contribution < 1.29 is 13.2 Å². The molecule has 0 heterocycles. The second-order valence-corrected chi connectivity index (χ2v) is 6.68. The molecule has 2 rings (SSSR count). The van der Waals surface area contributed by atoms with Gasteiger partial charge in [-0.1, -0.05) is 27.7 Å². The third kappa shape index (κ3) is 2.34. The molecule has 2 nitrogen and oxygen atoms in total. The maximum absolute atomic E-state index is 12.8. The van der Waals surface area contributed by atoms with Gasteiger partial charge in [0.1, 0.15) is 0 Å². The molecule has 5 heteroatoms. The molecule has 1 aromatic rings. The van der Waals surface area contributed by atoms with Crippen LogP contribution >= 0.6 is 0 Å². The number of hydrogen-bond acceptors (Lipinski definition) is 2. The van der Waals surface area contributed by atoms with E-state index in [1.165, 1.54) is 6.07 Å². The Morgan fingerprint density at radius 3 is 2.15 bits per heavy atom. The summed E-state index contributed by atoms with van der Waals surface area (Å²) in [5.74, 6) is 0.446. The summed E-state index contributed by atoms with van der Waals surface area (Å²) in [6.07, 6.45) is -4.42. The lowest BCUT2D eigenvalue weighted by Crippen LogP contribution is -2.12. The first kappa shape index (κ1) is 15.0. The highest BCUT2D eigenvalue weighted by Crippen LogP contribution is 2.68. The van der Waals surface area contributed by atoms with E-state index in [-0.39, 0.29) is 16.5 Å². The van der Waals surface area contributed by atoms with Crippen LogP contribution in [0.1, 0.15) is 33.3 Å². The third-order valence-electron chi connectivity index (χ3n) is 5.19. The van der Waals surface area contributed by atoms with Crippen LogP contribution in [-0.2, 0) is 6.18 Å². The number of nitrogens with two attached hydrogens (primary N) is 1. The molecular formula is C15H21F3N2. The Bertz CT molecular complexity index is 504. The highest BCUT2D eigenvalue weighted by Gasteiger charge is 2.64. The van der Waals surface area contributed by atoms with E-state index in [1.54, 1.807) is 6.07 Å². The van der Waals surface area contributed by atoms with Gasteiger partial charge in [-0.05, 0) is 34.9 Å². The molecule has 20 heavy (non-hydrogen) atoms. The molecule has 0 atom stereocenters. The van der Waals surface area contributed by atoms with Crippen molar-refractivity contribution >= 4 is 11.4 Å². The number of hydrogen-bond donors (Lipinski definition) is 2. The van der Waals surface area contributed by atoms with Crippen molar-refractivity contribution in [2.75, 3.05) is 17.6 Å². The molecule has 1 aromatic carbocycles. The van der Waals surface area contributed by atoms with E-state index < -0.39 is 11.7 Å². The number of halogens is 3. The van der Waals surface area contributed by atoms with Crippen LogP contribution in [0, 0.1) is 16.7 Å². The zero-order chi connectivity index (χ0) is 15.3. The van der Waals surface area contributed by atoms with Crippen LogP contribution in [0.4, 0.5) is 24.5 Å². The van der Waals surface area contributed by atoms with E-state index in [0.717, 1.165) is 6.07 Å². The van der Waals surface area contributed by atoms with Gasteiger partial charge in [0.25, 0.3) is 0 Å². The average molecular weight is 286 g/mol. The van der Waals surface area contributed by atoms with Crippen LogP contribution in [0.5, 0.6) is 0 Å². The second-order valence-electron chi connectivity index (χ2n) is 6.68. The van der Waals surface area contributed by atoms with Crippen molar-refractivity contribution in [3.05, 3.63) is 23.8 Å². The zero-order valence-corrected chi connectivity index (χ0v) is 12.2. The highest BCUT2D eigenvalue weighted by molar-refractivity contribution is 5.58. The van der Waals surface area contributed by atoms with Crippen molar-refractivity contribution in [3.63, 3.8) is 0 Å². The molecule has 1 aliphatic carbocycles. The largest absolute Gasteiger partial charge is 0.418 e. The lowest BCUT2D eigenvalue weighted by molar-refractivity contribution is -0.136. The summed E-state index contributed by atoms with van der Waals surface area (Å²) in [4.78, 5) is 0. The van der Waals surface area contributed by atoms with Gasteiger partial charge in [0, 0.05) is 17.9 Å². The van der Waals surface area contributed by atoms with Gasteiger partial charge >= 0.3 is 6.18 Å². The Kier molecular flexibility index (Phi) is 3.23. The van der Waals surface area contributed by atoms with Crippen LogP contribution in [0.2, 0.25) is 0 Å². The topological polar surface area (TPSA) is 38.0 Å². The SMILES string of the molecule is CC1(C)C(CNc2ccc(N)c(C(F)(F)F)c2)C1(C)C. The van der Waals surface area contributed by atoms with Gasteiger partial charge < -0.3 is 11.1 Å². The predicted molar refractivity (Wildman–Crippen MR) is 75.4 cm³/mol. The third-order valence-corrected chi connectivity index (χ3v) is 5.19. The fourth-order valence-electron chi connectivity index (χ4n) is 2.98. The van der Waals surface area contributed by atoms with Gasteiger partial charge in [-0.3, -0.25) is 0 Å². The van der Waals surface area contributed by atoms with E-state index in [2.05, 4.69) is 33.0 Å². The summed E-state index contributed by atoms with van der Waals surface area (Å²) >= 11 is 0. The molecule has 0 amide bonds. The molecule has 1 aliphatic rings. The summed E-state index contributed by atoms with van der Waals surface area (Å²) in [7, 11) is 0. The van der Waals surface area contributed by atoms with Gasteiger partial charge in [-0.25, -0.2) is 0 Å². The van der Waals surface area contributed by atoms with Gasteiger partial charge in [0.05, 0.1) is 5.56 Å². The number of alkyl halides is 3. The lowest BCUT2D eigenvalue weighted by Gasteiger charge is -2.13. The van der Waals surface area contributed by atoms with Crippen molar-refractivity contribution in [2.24, 2.45) is 16.7 Å². The monoisotopic (exact) mass is 286 g/mol. The molecule has 112 valence electrons. The van der Waals surface area contributed by atoms with E-state index in [4.69, 9.17) is 5.73 Å². The van der Waals surface area contributed by atoms with Crippen LogP contribution in [0.3, 0.4) is 0 Å². The second kappa shape index (κ2) is 4.30. The Morgan fingerprint density at radius 2 is 1.70 bits per heavy atom. The molecule has 0 spiro atoms. The fourth-order valence-corrected chi connectivity index (χ4v) is 2.98. The smallest absolute Gasteiger partial charge is 0.398 e. The number of nitrogens with one attached hydrogen (secondary N) is 1. The minimum atomic E-state index is -4.42. The first-order valence-corrected chi connectivity index (χ1v) is 6.68. The maximum atomic E-state index is 12.8. The zero-order valence-electron chi connectivity index (χ0n) is 12.2. The van der Waals surface area contributed by atoms with Gasteiger partial charge in [0.2, 0.25) is 0 Å². The van der Waals surface area contributed by atoms with Gasteiger partial charge in [-0.15, -0.1) is 0 Å². The quantitative estimate of drug-likeness (QED) is 0.809. The number of nitrogen functional groups attached to an aromatic ring is 1. The summed E-state index contributed by atoms with van der Waals surface area (Å²) in [5.41, 5.74) is 5.24. The van der Waals surface area contributed by atoms with Crippen LogP contribution in [0.25, 0.3) is 0 Å². The molecule has 1 saturated carbocycles. The summed E-state index contributed by atoms with van der Waals surface area (Å²) in [5, 5.41) is 3.10. The molecule has 3 N–H and O–H groups in total. The van der Waals surface area contributed by atoms with Gasteiger partial charge in [-0.2, -0.15) is 13.2 Å². The number of rotatable bonds is 3. The average Bonchev–Trinajstić information content (AvgIpc) is 2.67. The Labute approximate surface area is 117 Å². The summed E-state index contributed by atoms with van der Waals surface area (Å²) < 4.78 is 38.3. The van der Waals surface area contributed by atoms with Crippen molar-refractivity contribution in [3.8, 4) is 0 Å². The Balaban J connectivity index is 2.09. The Hall–Kier alpha value is -1.39. The van der Waals surface area contributed by atoms with Crippen LogP contribution < -0.4 is 11.1 Å². The molecule has 0 aliphatic heterocycles. The van der Waals surface area contributed by atoms with E-state index in [1.807, 2.05) is 0 Å². The first-order valence-electron chi connectivity index (χ1n) is 6.68. The van der Waals surface area contributed by atoms with E-state index in [9.17, 15) is 13.2 Å². The first-order chi connectivity index (χ1) is 8.98. The highest BCUT2D eigenvalue weighted by atomic mass is 19.4. The molecule has 0 saturated heterocycles. The van der Waals surface area contributed by atoms with Crippen LogP contribution in [0.15, 0.2) is 18.2 Å². The van der Waals surface area contributed by atoms with Crippen molar-refractivity contribution in [1.29, 1.82) is 0 Å². The van der Waals surface area contributed by atoms with Crippen LogP contribution in [-0.4, -0.2) is 6.54 Å². The van der Waals surface area contributed by atoms with Crippen molar-refractivity contribution in [2.45, 2.75) is 33.9 Å². The van der Waals surface area contributed by atoms with E-state index >= 15 is 0 Å². The minimum Gasteiger partial charge on any atom is -0.398 e. The number of benzene rings is 1. The molecular weight excluding hydrogens is 265 g/mol. The lowest BCUT2D eigenvalue weighted by atomic mass is 10.0. The van der Waals surface area contributed by atoms with Gasteiger partial charge in [0.15, 0.2) is 0 Å². The van der Waals surface area contributed by atoms with E-state index in [0.29, 0.717) is 18.2 Å². The Morgan fingerprint density at radius 1 is 1.15 bits per heavy atom. The van der Waals surface area contributed by atoms with Crippen molar-refractivity contribution in [1.82, 2.24) is 0 Å². The normalized spacial score (nSPS) is 20.8. The summed E-state index contributed by atoms with van der Waals surface area (Å²) in [6.45, 7) is 9.40. The summed E-state index contributed by atoms with van der Waals surface area (Å²) in [6, 6.07) is 3.97. The fraction of sp³-hybridized carbons (Fsp3) is 0.600. The number of anilines is 2.